The fourth-order valence-electron chi connectivity index (χ4n) is 2.81. The molecule has 0 aliphatic rings. The highest BCUT2D eigenvalue weighted by molar-refractivity contribution is 6.31. The Balaban J connectivity index is 1.64. The van der Waals surface area contributed by atoms with E-state index in [1.54, 1.807) is 60.7 Å². The van der Waals surface area contributed by atoms with Gasteiger partial charge in [-0.2, -0.15) is 0 Å². The van der Waals surface area contributed by atoms with Crippen LogP contribution in [-0.4, -0.2) is 29.4 Å². The van der Waals surface area contributed by atoms with E-state index in [0.29, 0.717) is 21.8 Å². The van der Waals surface area contributed by atoms with Crippen molar-refractivity contribution in [1.29, 1.82) is 0 Å². The van der Waals surface area contributed by atoms with E-state index in [2.05, 4.69) is 17.2 Å². The van der Waals surface area contributed by atoms with E-state index in [1.807, 2.05) is 6.07 Å². The number of rotatable bonds is 7. The second kappa shape index (κ2) is 10.7. The van der Waals surface area contributed by atoms with Crippen LogP contribution in [0.1, 0.15) is 35.3 Å². The molecule has 3 aromatic carbocycles. The zero-order valence-corrected chi connectivity index (χ0v) is 19.3. The number of anilines is 1. The molecule has 0 saturated heterocycles. The summed E-state index contributed by atoms with van der Waals surface area (Å²) < 4.78 is 5.62. The van der Waals surface area contributed by atoms with Crippen LogP contribution >= 0.6 is 11.6 Å². The lowest BCUT2D eigenvalue weighted by molar-refractivity contribution is -0.143. The molecule has 0 radical (unpaired) electrons. The molecule has 3 aromatic rings. The number of carboxylic acid groups (broad SMARTS) is 1. The largest absolute Gasteiger partial charge is 0.483 e. The van der Waals surface area contributed by atoms with Crippen molar-refractivity contribution in [3.05, 3.63) is 94.5 Å². The summed E-state index contributed by atoms with van der Waals surface area (Å²) in [7, 11) is 0. The van der Waals surface area contributed by atoms with Crippen molar-refractivity contribution in [2.45, 2.75) is 13.8 Å². The highest BCUT2D eigenvalue weighted by Crippen LogP contribution is 2.26. The average molecular weight is 476 g/mol. The Morgan fingerprint density at radius 1 is 1.00 bits per heavy atom. The van der Waals surface area contributed by atoms with Crippen molar-refractivity contribution >= 4 is 34.9 Å². The third kappa shape index (κ3) is 6.47. The van der Waals surface area contributed by atoms with Gasteiger partial charge < -0.3 is 15.2 Å². The van der Waals surface area contributed by atoms with Crippen molar-refractivity contribution in [2.24, 2.45) is 5.41 Å². The van der Waals surface area contributed by atoms with E-state index >= 15 is 0 Å². The molecule has 0 heterocycles. The molecule has 1 amide bonds. The molecule has 7 heteroatoms. The number of nitrogens with one attached hydrogen (secondary N) is 1. The number of carbonyl (C=O) groups excluding carboxylic acids is 2. The number of halogens is 1. The Hall–Kier alpha value is -4.08. The third-order valence-corrected chi connectivity index (χ3v) is 5.04. The predicted molar refractivity (Wildman–Crippen MR) is 130 cm³/mol. The summed E-state index contributed by atoms with van der Waals surface area (Å²) in [5.74, 6) is 4.10. The number of ether oxygens (including phenoxy) is 1. The van der Waals surface area contributed by atoms with Crippen LogP contribution in [-0.2, 0) is 9.59 Å². The molecule has 0 bridgehead atoms. The van der Waals surface area contributed by atoms with Crippen LogP contribution in [0.3, 0.4) is 0 Å². The smallest absolute Gasteiger partial charge is 0.321 e. The van der Waals surface area contributed by atoms with Gasteiger partial charge in [-0.15, -0.1) is 0 Å². The molecule has 34 heavy (non-hydrogen) atoms. The highest BCUT2D eigenvalue weighted by atomic mass is 35.5. The second-order valence-electron chi connectivity index (χ2n) is 7.93. The lowest BCUT2D eigenvalue weighted by Gasteiger charge is -2.12. The highest BCUT2D eigenvalue weighted by Gasteiger charge is 2.23. The molecule has 0 unspecified atom stereocenters. The van der Waals surface area contributed by atoms with E-state index in [9.17, 15) is 14.4 Å². The molecule has 0 atom stereocenters. The lowest BCUT2D eigenvalue weighted by atomic mass is 9.94. The van der Waals surface area contributed by atoms with Crippen LogP contribution in [0.15, 0.2) is 72.8 Å². The van der Waals surface area contributed by atoms with E-state index in [1.165, 1.54) is 19.9 Å². The molecule has 172 valence electrons. The number of hydrogen-bond donors (Lipinski definition) is 2. The zero-order chi connectivity index (χ0) is 24.7. The predicted octanol–water partition coefficient (Wildman–Crippen LogP) is 5.05. The Labute approximate surface area is 202 Å². The van der Waals surface area contributed by atoms with Gasteiger partial charge in [0.2, 0.25) is 0 Å². The van der Waals surface area contributed by atoms with Gasteiger partial charge in [0, 0.05) is 21.8 Å². The van der Waals surface area contributed by atoms with Crippen LogP contribution in [0, 0.1) is 17.3 Å². The summed E-state index contributed by atoms with van der Waals surface area (Å²) in [5.41, 5.74) is 0.724. The van der Waals surface area contributed by atoms with E-state index in [4.69, 9.17) is 21.4 Å². The Bertz CT molecular complexity index is 1270. The van der Waals surface area contributed by atoms with E-state index in [0.717, 1.165) is 0 Å². The SMILES string of the molecule is CC(C)(C#Cc1ccc(NC(=O)COc2ccc(Cl)cc2C(=O)c2ccccc2)cc1)C(=O)O. The fourth-order valence-corrected chi connectivity index (χ4v) is 2.98. The molecule has 0 aliphatic carbocycles. The van der Waals surface area contributed by atoms with Crippen LogP contribution in [0.4, 0.5) is 5.69 Å². The third-order valence-electron chi connectivity index (χ3n) is 4.80. The minimum absolute atomic E-state index is 0.250. The van der Waals surface area contributed by atoms with Crippen molar-refractivity contribution in [1.82, 2.24) is 0 Å². The van der Waals surface area contributed by atoms with Gasteiger partial charge in [-0.05, 0) is 56.3 Å². The standard InChI is InChI=1S/C27H22ClNO5/c1-27(2,26(32)33)15-14-18-8-11-21(12-9-18)29-24(30)17-34-23-13-10-20(28)16-22(23)25(31)19-6-4-3-5-7-19/h3-13,16H,17H2,1-2H3,(H,29,30)(H,32,33). The summed E-state index contributed by atoms with van der Waals surface area (Å²) in [6.45, 7) is 2.73. The number of aliphatic carboxylic acids is 1. The maximum atomic E-state index is 12.9. The normalized spacial score (nSPS) is 10.6. The first-order chi connectivity index (χ1) is 16.2. The van der Waals surface area contributed by atoms with Gasteiger partial charge in [-0.1, -0.05) is 53.8 Å². The number of amides is 1. The van der Waals surface area contributed by atoms with Crippen LogP contribution in [0.5, 0.6) is 5.75 Å². The molecule has 0 saturated carbocycles. The van der Waals surface area contributed by atoms with Crippen LogP contribution < -0.4 is 10.1 Å². The van der Waals surface area contributed by atoms with Gasteiger partial charge in [0.25, 0.3) is 5.91 Å². The number of hydrogen-bond acceptors (Lipinski definition) is 4. The van der Waals surface area contributed by atoms with Gasteiger partial charge in [0.15, 0.2) is 12.4 Å². The summed E-state index contributed by atoms with van der Waals surface area (Å²) in [5, 5.41) is 12.2. The summed E-state index contributed by atoms with van der Waals surface area (Å²) in [4.78, 5) is 36.4. The lowest BCUT2D eigenvalue weighted by Crippen LogP contribution is -2.21. The summed E-state index contributed by atoms with van der Waals surface area (Å²) in [6.07, 6.45) is 0. The Kier molecular flexibility index (Phi) is 7.72. The maximum Gasteiger partial charge on any atom is 0.321 e. The number of benzene rings is 3. The summed E-state index contributed by atoms with van der Waals surface area (Å²) in [6, 6.07) is 20.0. The number of ketones is 1. The zero-order valence-electron chi connectivity index (χ0n) is 18.6. The molecular formula is C27H22ClNO5. The first-order valence-corrected chi connectivity index (χ1v) is 10.7. The Morgan fingerprint density at radius 2 is 1.68 bits per heavy atom. The van der Waals surface area contributed by atoms with E-state index in [-0.39, 0.29) is 23.7 Å². The first kappa shape index (κ1) is 24.6. The molecule has 3 rings (SSSR count). The molecule has 0 aliphatic heterocycles. The molecule has 6 nitrogen and oxygen atoms in total. The second-order valence-corrected chi connectivity index (χ2v) is 8.37. The maximum absolute atomic E-state index is 12.9. The quantitative estimate of drug-likeness (QED) is 0.368. The Morgan fingerprint density at radius 3 is 2.32 bits per heavy atom. The topological polar surface area (TPSA) is 92.7 Å². The molecule has 0 aromatic heterocycles. The minimum Gasteiger partial charge on any atom is -0.483 e. The fraction of sp³-hybridized carbons (Fsp3) is 0.148. The van der Waals surface area contributed by atoms with Gasteiger partial charge >= 0.3 is 5.97 Å². The van der Waals surface area contributed by atoms with Gasteiger partial charge in [-0.3, -0.25) is 14.4 Å². The molecular weight excluding hydrogens is 454 g/mol. The monoisotopic (exact) mass is 475 g/mol. The van der Waals surface area contributed by atoms with Gasteiger partial charge in [-0.25, -0.2) is 0 Å². The number of carbonyl (C=O) groups is 3. The van der Waals surface area contributed by atoms with Gasteiger partial charge in [0.1, 0.15) is 11.2 Å². The van der Waals surface area contributed by atoms with Crippen molar-refractivity contribution < 1.29 is 24.2 Å². The van der Waals surface area contributed by atoms with Crippen molar-refractivity contribution in [2.75, 3.05) is 11.9 Å². The van der Waals surface area contributed by atoms with Crippen molar-refractivity contribution in [3.8, 4) is 17.6 Å². The summed E-state index contributed by atoms with van der Waals surface area (Å²) >= 11 is 6.07. The van der Waals surface area contributed by atoms with Crippen molar-refractivity contribution in [3.63, 3.8) is 0 Å². The van der Waals surface area contributed by atoms with Crippen LogP contribution in [0.2, 0.25) is 5.02 Å². The van der Waals surface area contributed by atoms with E-state index < -0.39 is 17.3 Å². The molecule has 2 N–H and O–H groups in total. The van der Waals surface area contributed by atoms with Gasteiger partial charge in [0.05, 0.1) is 5.56 Å². The minimum atomic E-state index is -1.16. The number of carboxylic acids is 1. The first-order valence-electron chi connectivity index (χ1n) is 10.3. The van der Waals surface area contributed by atoms with Crippen LogP contribution in [0.25, 0.3) is 0 Å². The average Bonchev–Trinajstić information content (AvgIpc) is 2.83. The molecule has 0 fully saturated rings. The molecule has 0 spiro atoms.